The van der Waals surface area contributed by atoms with Gasteiger partial charge in [0.2, 0.25) is 5.91 Å². The topological polar surface area (TPSA) is 58.2 Å². The van der Waals surface area contributed by atoms with E-state index in [9.17, 15) is 9.00 Å². The first-order chi connectivity index (χ1) is 7.75. The summed E-state index contributed by atoms with van der Waals surface area (Å²) in [5.74, 6) is 1.61. The van der Waals surface area contributed by atoms with Crippen molar-refractivity contribution in [3.8, 4) is 0 Å². The molecule has 2 N–H and O–H groups in total. The van der Waals surface area contributed by atoms with E-state index in [0.717, 1.165) is 43.7 Å². The van der Waals surface area contributed by atoms with Crippen LogP contribution in [0.15, 0.2) is 0 Å². The molecule has 0 radical (unpaired) electrons. The third-order valence-electron chi connectivity index (χ3n) is 3.36. The van der Waals surface area contributed by atoms with Crippen molar-refractivity contribution >= 4 is 16.7 Å². The van der Waals surface area contributed by atoms with Gasteiger partial charge in [0.1, 0.15) is 0 Å². The Morgan fingerprint density at radius 2 is 1.94 bits per heavy atom. The molecule has 1 atom stereocenters. The Morgan fingerprint density at radius 3 is 2.56 bits per heavy atom. The van der Waals surface area contributed by atoms with E-state index in [2.05, 4.69) is 10.6 Å². The van der Waals surface area contributed by atoms with Crippen LogP contribution in [-0.4, -0.2) is 40.3 Å². The molecule has 1 unspecified atom stereocenters. The van der Waals surface area contributed by atoms with Crippen molar-refractivity contribution in [2.24, 2.45) is 0 Å². The Bertz CT molecular complexity index is 267. The van der Waals surface area contributed by atoms with E-state index in [1.807, 2.05) is 0 Å². The summed E-state index contributed by atoms with van der Waals surface area (Å²) in [6.45, 7) is 0.951. The summed E-state index contributed by atoms with van der Waals surface area (Å²) in [7, 11) is -0.647. The van der Waals surface area contributed by atoms with E-state index in [0.29, 0.717) is 0 Å². The van der Waals surface area contributed by atoms with Crippen molar-refractivity contribution in [1.29, 1.82) is 0 Å². The summed E-state index contributed by atoms with van der Waals surface area (Å²) in [5, 5.41) is 6.32. The first-order valence-corrected chi connectivity index (χ1v) is 7.63. The van der Waals surface area contributed by atoms with Crippen LogP contribution in [0.5, 0.6) is 0 Å². The van der Waals surface area contributed by atoms with Gasteiger partial charge in [-0.1, -0.05) is 6.42 Å². The predicted molar refractivity (Wildman–Crippen MR) is 64.7 cm³/mol. The van der Waals surface area contributed by atoms with Crippen molar-refractivity contribution in [3.05, 3.63) is 0 Å². The molecule has 2 heterocycles. The molecule has 0 saturated carbocycles. The number of nitrogens with one attached hydrogen (secondary N) is 2. The molecule has 4 nitrogen and oxygen atoms in total. The van der Waals surface area contributed by atoms with Crippen LogP contribution >= 0.6 is 0 Å². The first-order valence-electron chi connectivity index (χ1n) is 6.14. The van der Waals surface area contributed by atoms with Crippen LogP contribution in [0.3, 0.4) is 0 Å². The molecule has 2 aliphatic heterocycles. The lowest BCUT2D eigenvalue weighted by Gasteiger charge is -2.27. The fraction of sp³-hybridized carbons (Fsp3) is 0.909. The maximum Gasteiger partial charge on any atom is 0.237 e. The van der Waals surface area contributed by atoms with Crippen LogP contribution in [0.1, 0.15) is 32.1 Å². The zero-order chi connectivity index (χ0) is 11.4. The summed E-state index contributed by atoms with van der Waals surface area (Å²) in [6, 6.07) is 0.245. The van der Waals surface area contributed by atoms with Crippen molar-refractivity contribution in [2.75, 3.05) is 18.1 Å². The second-order valence-electron chi connectivity index (χ2n) is 4.63. The average Bonchev–Trinajstić information content (AvgIpc) is 2.33. The van der Waals surface area contributed by atoms with Crippen LogP contribution < -0.4 is 10.6 Å². The number of rotatable bonds is 2. The fourth-order valence-electron chi connectivity index (χ4n) is 2.32. The lowest BCUT2D eigenvalue weighted by atomic mass is 10.0. The standard InChI is InChI=1S/C11H20N2O2S/c14-11(10-3-1-2-6-12-10)13-9-4-7-16(15)8-5-9/h9-10,12H,1-8H2,(H,13,14). The molecule has 0 aromatic heterocycles. The molecule has 0 aromatic carbocycles. The summed E-state index contributed by atoms with van der Waals surface area (Å²) in [6.07, 6.45) is 4.99. The minimum absolute atomic E-state index is 0.00109. The maximum absolute atomic E-state index is 11.9. The third-order valence-corrected chi connectivity index (χ3v) is 4.74. The summed E-state index contributed by atoms with van der Waals surface area (Å²) in [5.41, 5.74) is 0. The largest absolute Gasteiger partial charge is 0.352 e. The Hall–Kier alpha value is -0.420. The minimum Gasteiger partial charge on any atom is -0.352 e. The Morgan fingerprint density at radius 1 is 1.19 bits per heavy atom. The highest BCUT2D eigenvalue weighted by Gasteiger charge is 2.24. The second kappa shape index (κ2) is 5.77. The van der Waals surface area contributed by atoms with Gasteiger partial charge in [-0.25, -0.2) is 0 Å². The molecule has 16 heavy (non-hydrogen) atoms. The highest BCUT2D eigenvalue weighted by molar-refractivity contribution is 7.85. The van der Waals surface area contributed by atoms with Crippen LogP contribution in [0, 0.1) is 0 Å². The molecule has 2 saturated heterocycles. The first kappa shape index (κ1) is 12.0. The van der Waals surface area contributed by atoms with E-state index in [1.54, 1.807) is 0 Å². The predicted octanol–water partition coefficient (Wildman–Crippen LogP) is 0.156. The minimum atomic E-state index is -0.647. The molecular weight excluding hydrogens is 224 g/mol. The number of piperidine rings is 1. The van der Waals surface area contributed by atoms with E-state index in [-0.39, 0.29) is 18.0 Å². The molecule has 2 rings (SSSR count). The van der Waals surface area contributed by atoms with Gasteiger partial charge in [0.25, 0.3) is 0 Å². The van der Waals surface area contributed by atoms with Crippen LogP contribution in [0.4, 0.5) is 0 Å². The SMILES string of the molecule is O=C(NC1CCS(=O)CC1)C1CCCCN1. The normalized spacial score (nSPS) is 35.6. The molecule has 2 aliphatic rings. The smallest absolute Gasteiger partial charge is 0.237 e. The van der Waals surface area contributed by atoms with Crippen molar-refractivity contribution in [1.82, 2.24) is 10.6 Å². The van der Waals surface area contributed by atoms with E-state index in [1.165, 1.54) is 6.42 Å². The molecule has 0 aliphatic carbocycles. The Labute approximate surface area is 99.0 Å². The number of carbonyl (C=O) groups excluding carboxylic acids is 1. The third kappa shape index (κ3) is 3.28. The number of amides is 1. The fourth-order valence-corrected chi connectivity index (χ4v) is 3.61. The Kier molecular flexibility index (Phi) is 4.35. The molecule has 5 heteroatoms. The van der Waals surface area contributed by atoms with Gasteiger partial charge < -0.3 is 10.6 Å². The van der Waals surface area contributed by atoms with Gasteiger partial charge in [0.05, 0.1) is 6.04 Å². The second-order valence-corrected chi connectivity index (χ2v) is 6.33. The summed E-state index contributed by atoms with van der Waals surface area (Å²) < 4.78 is 11.2. The van der Waals surface area contributed by atoms with Gasteiger partial charge in [-0.15, -0.1) is 0 Å². The molecule has 2 fully saturated rings. The molecular formula is C11H20N2O2S. The molecule has 1 amide bonds. The van der Waals surface area contributed by atoms with Gasteiger partial charge in [0.15, 0.2) is 0 Å². The van der Waals surface area contributed by atoms with E-state index < -0.39 is 10.8 Å². The van der Waals surface area contributed by atoms with Gasteiger partial charge in [-0.3, -0.25) is 9.00 Å². The molecule has 0 bridgehead atoms. The molecule has 92 valence electrons. The quantitative estimate of drug-likeness (QED) is 0.727. The highest BCUT2D eigenvalue weighted by Crippen LogP contribution is 2.11. The average molecular weight is 244 g/mol. The van der Waals surface area contributed by atoms with Crippen LogP contribution in [0.25, 0.3) is 0 Å². The highest BCUT2D eigenvalue weighted by atomic mass is 32.2. The number of hydrogen-bond donors (Lipinski definition) is 2. The Balaban J connectivity index is 1.75. The molecule has 0 aromatic rings. The molecule has 0 spiro atoms. The zero-order valence-corrected chi connectivity index (χ0v) is 10.4. The van der Waals surface area contributed by atoms with E-state index in [4.69, 9.17) is 0 Å². The lowest BCUT2D eigenvalue weighted by molar-refractivity contribution is -0.124. The summed E-state index contributed by atoms with van der Waals surface area (Å²) >= 11 is 0. The van der Waals surface area contributed by atoms with Crippen molar-refractivity contribution < 1.29 is 9.00 Å². The van der Waals surface area contributed by atoms with Gasteiger partial charge in [-0.05, 0) is 32.2 Å². The summed E-state index contributed by atoms with van der Waals surface area (Å²) in [4.78, 5) is 11.9. The van der Waals surface area contributed by atoms with Gasteiger partial charge >= 0.3 is 0 Å². The van der Waals surface area contributed by atoms with Crippen molar-refractivity contribution in [2.45, 2.75) is 44.2 Å². The van der Waals surface area contributed by atoms with Crippen LogP contribution in [0.2, 0.25) is 0 Å². The lowest BCUT2D eigenvalue weighted by Crippen LogP contribution is -2.50. The van der Waals surface area contributed by atoms with Gasteiger partial charge in [0, 0.05) is 28.3 Å². The number of carbonyl (C=O) groups is 1. The monoisotopic (exact) mass is 244 g/mol. The van der Waals surface area contributed by atoms with Crippen molar-refractivity contribution in [3.63, 3.8) is 0 Å². The van der Waals surface area contributed by atoms with E-state index >= 15 is 0 Å². The zero-order valence-electron chi connectivity index (χ0n) is 9.54. The van der Waals surface area contributed by atoms with Gasteiger partial charge in [-0.2, -0.15) is 0 Å². The number of hydrogen-bond acceptors (Lipinski definition) is 3. The van der Waals surface area contributed by atoms with Crippen LogP contribution in [-0.2, 0) is 15.6 Å². The maximum atomic E-state index is 11.9.